The lowest BCUT2D eigenvalue weighted by Crippen LogP contribution is -2.58. The van der Waals surface area contributed by atoms with E-state index in [-0.39, 0.29) is 23.8 Å². The van der Waals surface area contributed by atoms with E-state index in [4.69, 9.17) is 5.11 Å². The van der Waals surface area contributed by atoms with Crippen LogP contribution in [0.15, 0.2) is 0 Å². The number of hydrogen-bond acceptors (Lipinski definition) is 3. The van der Waals surface area contributed by atoms with Crippen LogP contribution in [-0.4, -0.2) is 47.6 Å². The Balaban J connectivity index is 2.32. The second-order valence-electron chi connectivity index (χ2n) is 4.81. The van der Waals surface area contributed by atoms with E-state index >= 15 is 0 Å². The van der Waals surface area contributed by atoms with Gasteiger partial charge < -0.3 is 10.4 Å². The average Bonchev–Trinajstić information content (AvgIpc) is 2.23. The van der Waals surface area contributed by atoms with E-state index in [9.17, 15) is 9.59 Å². The van der Waals surface area contributed by atoms with Crippen molar-refractivity contribution in [2.24, 2.45) is 11.8 Å². The molecule has 5 heteroatoms. The second-order valence-corrected chi connectivity index (χ2v) is 4.81. The van der Waals surface area contributed by atoms with Gasteiger partial charge in [0, 0.05) is 19.6 Å². The van der Waals surface area contributed by atoms with Gasteiger partial charge in [-0.1, -0.05) is 13.8 Å². The van der Waals surface area contributed by atoms with Crippen LogP contribution >= 0.6 is 0 Å². The molecular formula is C12H22N2O3. The van der Waals surface area contributed by atoms with Crippen LogP contribution in [0.5, 0.6) is 0 Å². The van der Waals surface area contributed by atoms with Crippen LogP contribution in [0.3, 0.4) is 0 Å². The van der Waals surface area contributed by atoms with Crippen molar-refractivity contribution in [2.45, 2.75) is 33.2 Å². The van der Waals surface area contributed by atoms with Crippen molar-refractivity contribution in [3.05, 3.63) is 0 Å². The Labute approximate surface area is 102 Å². The van der Waals surface area contributed by atoms with E-state index in [1.807, 2.05) is 18.7 Å². The highest BCUT2D eigenvalue weighted by Gasteiger charge is 2.38. The molecule has 1 aliphatic rings. The van der Waals surface area contributed by atoms with Gasteiger partial charge in [-0.15, -0.1) is 0 Å². The van der Waals surface area contributed by atoms with E-state index in [0.29, 0.717) is 19.6 Å². The molecule has 0 saturated carbocycles. The molecule has 0 aliphatic carbocycles. The van der Waals surface area contributed by atoms with Crippen LogP contribution in [-0.2, 0) is 9.59 Å². The minimum atomic E-state index is -0.752. The number of aliphatic carboxylic acids is 1. The molecule has 0 bridgehead atoms. The van der Waals surface area contributed by atoms with Gasteiger partial charge >= 0.3 is 5.97 Å². The molecule has 1 amide bonds. The number of nitrogens with one attached hydrogen (secondary N) is 1. The van der Waals surface area contributed by atoms with Crippen molar-refractivity contribution in [1.29, 1.82) is 0 Å². The van der Waals surface area contributed by atoms with Gasteiger partial charge in [-0.05, 0) is 19.3 Å². The summed E-state index contributed by atoms with van der Waals surface area (Å²) in [5.74, 6) is -0.864. The fourth-order valence-corrected chi connectivity index (χ4v) is 1.94. The molecule has 98 valence electrons. The topological polar surface area (TPSA) is 69.6 Å². The number of amides is 1. The summed E-state index contributed by atoms with van der Waals surface area (Å²) in [4.78, 5) is 24.5. The molecule has 1 saturated heterocycles. The van der Waals surface area contributed by atoms with Crippen LogP contribution in [0.4, 0.5) is 0 Å². The van der Waals surface area contributed by atoms with Crippen LogP contribution in [0.1, 0.15) is 27.2 Å². The maximum atomic E-state index is 11.7. The van der Waals surface area contributed by atoms with Crippen molar-refractivity contribution in [2.75, 3.05) is 19.6 Å². The van der Waals surface area contributed by atoms with Gasteiger partial charge in [0.1, 0.15) is 0 Å². The van der Waals surface area contributed by atoms with E-state index < -0.39 is 5.97 Å². The third kappa shape index (κ3) is 3.43. The van der Waals surface area contributed by atoms with Crippen LogP contribution in [0.2, 0.25) is 0 Å². The zero-order chi connectivity index (χ0) is 13.0. The number of carbonyl (C=O) groups excluding carboxylic acids is 1. The molecule has 0 aromatic carbocycles. The van der Waals surface area contributed by atoms with Crippen LogP contribution in [0, 0.1) is 11.8 Å². The van der Waals surface area contributed by atoms with Gasteiger partial charge in [0.2, 0.25) is 5.91 Å². The minimum Gasteiger partial charge on any atom is -0.481 e. The van der Waals surface area contributed by atoms with E-state index in [2.05, 4.69) is 5.32 Å². The molecule has 2 unspecified atom stereocenters. The average molecular weight is 242 g/mol. The number of carboxylic acids is 1. The highest BCUT2D eigenvalue weighted by molar-refractivity contribution is 5.81. The maximum absolute atomic E-state index is 11.7. The maximum Gasteiger partial charge on any atom is 0.306 e. The van der Waals surface area contributed by atoms with Gasteiger partial charge in [-0.25, -0.2) is 0 Å². The summed E-state index contributed by atoms with van der Waals surface area (Å²) in [5.41, 5.74) is 0. The minimum absolute atomic E-state index is 0.0354. The summed E-state index contributed by atoms with van der Waals surface area (Å²) >= 11 is 0. The second kappa shape index (κ2) is 6.00. The van der Waals surface area contributed by atoms with E-state index in [1.54, 1.807) is 6.92 Å². The number of carbonyl (C=O) groups is 2. The molecular weight excluding hydrogens is 220 g/mol. The molecule has 0 aromatic rings. The molecule has 2 N–H and O–H groups in total. The Kier molecular flexibility index (Phi) is 4.93. The molecule has 1 heterocycles. The molecule has 1 aliphatic heterocycles. The fraction of sp³-hybridized carbons (Fsp3) is 0.833. The van der Waals surface area contributed by atoms with Crippen molar-refractivity contribution in [1.82, 2.24) is 10.2 Å². The molecule has 0 spiro atoms. The standard InChI is InChI=1S/C12H22N2O3/c1-4-5-13-11(15)9(3)14-6-10(7-14)8(2)12(16)17/h8-10H,4-7H2,1-3H3,(H,13,15)(H,16,17). The molecule has 1 rings (SSSR count). The Morgan fingerprint density at radius 3 is 2.47 bits per heavy atom. The number of rotatable bonds is 6. The van der Waals surface area contributed by atoms with Crippen molar-refractivity contribution in [3.8, 4) is 0 Å². The van der Waals surface area contributed by atoms with Gasteiger partial charge in [-0.3, -0.25) is 14.5 Å². The SMILES string of the molecule is CCCNC(=O)C(C)N1CC(C(C)C(=O)O)C1. The summed E-state index contributed by atoms with van der Waals surface area (Å²) in [6, 6.07) is -0.154. The summed E-state index contributed by atoms with van der Waals surface area (Å²) < 4.78 is 0. The van der Waals surface area contributed by atoms with E-state index in [1.165, 1.54) is 0 Å². The van der Waals surface area contributed by atoms with Crippen molar-refractivity contribution < 1.29 is 14.7 Å². The van der Waals surface area contributed by atoms with Gasteiger partial charge in [0.15, 0.2) is 0 Å². The highest BCUT2D eigenvalue weighted by atomic mass is 16.4. The summed E-state index contributed by atoms with van der Waals surface area (Å²) in [7, 11) is 0. The lowest BCUT2D eigenvalue weighted by Gasteiger charge is -2.44. The third-order valence-corrected chi connectivity index (χ3v) is 3.51. The van der Waals surface area contributed by atoms with Crippen molar-refractivity contribution >= 4 is 11.9 Å². The number of hydrogen-bond donors (Lipinski definition) is 2. The molecule has 0 aromatic heterocycles. The monoisotopic (exact) mass is 242 g/mol. The zero-order valence-electron chi connectivity index (χ0n) is 10.8. The molecule has 5 nitrogen and oxygen atoms in total. The van der Waals surface area contributed by atoms with Gasteiger partial charge in [-0.2, -0.15) is 0 Å². The number of nitrogens with zero attached hydrogens (tertiary/aromatic N) is 1. The summed E-state index contributed by atoms with van der Waals surface area (Å²) in [6.07, 6.45) is 0.928. The fourth-order valence-electron chi connectivity index (χ4n) is 1.94. The third-order valence-electron chi connectivity index (χ3n) is 3.51. The predicted octanol–water partition coefficient (Wildman–Crippen LogP) is 0.554. The Morgan fingerprint density at radius 2 is 2.00 bits per heavy atom. The first-order valence-electron chi connectivity index (χ1n) is 6.22. The lowest BCUT2D eigenvalue weighted by atomic mass is 9.86. The predicted molar refractivity (Wildman–Crippen MR) is 64.6 cm³/mol. The van der Waals surface area contributed by atoms with Crippen LogP contribution in [0.25, 0.3) is 0 Å². The first-order chi connectivity index (χ1) is 7.97. The Morgan fingerprint density at radius 1 is 1.41 bits per heavy atom. The quantitative estimate of drug-likeness (QED) is 0.714. The lowest BCUT2D eigenvalue weighted by molar-refractivity contribution is -0.146. The Bertz CT molecular complexity index is 287. The normalized spacial score (nSPS) is 20.4. The highest BCUT2D eigenvalue weighted by Crippen LogP contribution is 2.25. The largest absolute Gasteiger partial charge is 0.481 e. The van der Waals surface area contributed by atoms with Gasteiger partial charge in [0.25, 0.3) is 0 Å². The summed E-state index contributed by atoms with van der Waals surface area (Å²) in [6.45, 7) is 7.71. The summed E-state index contributed by atoms with van der Waals surface area (Å²) in [5, 5.41) is 11.7. The number of likely N-dealkylation sites (tertiary alicyclic amines) is 1. The molecule has 1 fully saturated rings. The first-order valence-corrected chi connectivity index (χ1v) is 6.22. The van der Waals surface area contributed by atoms with Crippen LogP contribution < -0.4 is 5.32 Å². The van der Waals surface area contributed by atoms with E-state index in [0.717, 1.165) is 6.42 Å². The smallest absolute Gasteiger partial charge is 0.306 e. The molecule has 17 heavy (non-hydrogen) atoms. The number of carboxylic acid groups (broad SMARTS) is 1. The first kappa shape index (κ1) is 14.0. The zero-order valence-corrected chi connectivity index (χ0v) is 10.8. The van der Waals surface area contributed by atoms with Gasteiger partial charge in [0.05, 0.1) is 12.0 Å². The molecule has 0 radical (unpaired) electrons. The van der Waals surface area contributed by atoms with Crippen molar-refractivity contribution in [3.63, 3.8) is 0 Å². The Hall–Kier alpha value is -1.10. The molecule has 2 atom stereocenters.